The van der Waals surface area contributed by atoms with Crippen molar-refractivity contribution in [3.8, 4) is 5.75 Å². The summed E-state index contributed by atoms with van der Waals surface area (Å²) in [5.41, 5.74) is 4.07. The second-order valence-corrected chi connectivity index (χ2v) is 6.34. The number of hydrogen-bond acceptors (Lipinski definition) is 3. The molecule has 140 valence electrons. The molecule has 0 fully saturated rings. The number of methoxy groups -OCH3 is 1. The lowest BCUT2D eigenvalue weighted by Gasteiger charge is -2.10. The Morgan fingerprint density at radius 3 is 2.70 bits per heavy atom. The zero-order valence-electron chi connectivity index (χ0n) is 15.6. The number of amides is 1. The summed E-state index contributed by atoms with van der Waals surface area (Å²) in [6.07, 6.45) is 1.76. The smallest absolute Gasteiger partial charge is 0.253 e. The number of aryl methyl sites for hydroxylation is 1. The number of rotatable bonds is 6. The molecule has 1 amide bonds. The molecule has 1 aromatic carbocycles. The topological polar surface area (TPSA) is 56.1 Å². The molecule has 0 aliphatic heterocycles. The number of benzene rings is 1. The fourth-order valence-corrected chi connectivity index (χ4v) is 3.03. The van der Waals surface area contributed by atoms with E-state index in [0.717, 1.165) is 17.1 Å². The molecule has 27 heavy (non-hydrogen) atoms. The molecule has 1 N–H and O–H groups in total. The molecule has 5 nitrogen and oxygen atoms in total. The van der Waals surface area contributed by atoms with Crippen molar-refractivity contribution in [2.75, 3.05) is 7.11 Å². The van der Waals surface area contributed by atoms with Crippen molar-refractivity contribution in [2.24, 2.45) is 0 Å². The van der Waals surface area contributed by atoms with E-state index in [1.54, 1.807) is 18.3 Å². The Bertz CT molecular complexity index is 952. The molecule has 2 aromatic heterocycles. The highest BCUT2D eigenvalue weighted by Gasteiger charge is 2.16. The molecule has 0 atom stereocenters. The number of hydrogen-bond donors (Lipinski definition) is 1. The molecule has 0 aliphatic carbocycles. The summed E-state index contributed by atoms with van der Waals surface area (Å²) in [6.45, 7) is 4.72. The molecule has 0 spiro atoms. The van der Waals surface area contributed by atoms with Crippen molar-refractivity contribution >= 4 is 5.91 Å². The van der Waals surface area contributed by atoms with E-state index in [1.165, 1.54) is 13.2 Å². The summed E-state index contributed by atoms with van der Waals surface area (Å²) in [5.74, 6) is -0.451. The molecular formula is C21H22FN3O2. The maximum Gasteiger partial charge on any atom is 0.253 e. The molecule has 0 bridgehead atoms. The van der Waals surface area contributed by atoms with Crippen LogP contribution in [-0.2, 0) is 13.1 Å². The Kier molecular flexibility index (Phi) is 5.54. The van der Waals surface area contributed by atoms with Gasteiger partial charge in [0.25, 0.3) is 5.91 Å². The van der Waals surface area contributed by atoms with Gasteiger partial charge in [0, 0.05) is 24.1 Å². The van der Waals surface area contributed by atoms with Gasteiger partial charge in [-0.3, -0.25) is 9.78 Å². The van der Waals surface area contributed by atoms with Crippen LogP contribution in [0.15, 0.2) is 48.7 Å². The molecule has 0 aliphatic rings. The number of carbonyl (C=O) groups is 1. The summed E-state index contributed by atoms with van der Waals surface area (Å²) in [4.78, 5) is 16.9. The van der Waals surface area contributed by atoms with Crippen LogP contribution in [-0.4, -0.2) is 22.6 Å². The molecule has 3 rings (SSSR count). The van der Waals surface area contributed by atoms with Crippen LogP contribution in [0.4, 0.5) is 4.39 Å². The molecule has 3 aromatic rings. The van der Waals surface area contributed by atoms with Crippen molar-refractivity contribution in [2.45, 2.75) is 26.9 Å². The highest BCUT2D eigenvalue weighted by atomic mass is 19.1. The molecule has 0 saturated heterocycles. The zero-order chi connectivity index (χ0) is 19.4. The van der Waals surface area contributed by atoms with Gasteiger partial charge in [0.05, 0.1) is 24.9 Å². The minimum Gasteiger partial charge on any atom is -0.494 e. The Morgan fingerprint density at radius 2 is 2.04 bits per heavy atom. The third-order valence-electron chi connectivity index (χ3n) is 4.53. The largest absolute Gasteiger partial charge is 0.494 e. The van der Waals surface area contributed by atoms with Gasteiger partial charge in [-0.15, -0.1) is 0 Å². The number of nitrogens with one attached hydrogen (secondary N) is 1. The zero-order valence-corrected chi connectivity index (χ0v) is 15.6. The standard InChI is InChI=1S/C21H22FN3O2/c1-14-10-18(15(2)25(14)13-17-6-4-5-9-23-17)21(26)24-12-16-7-8-20(27-3)19(22)11-16/h4-11H,12-13H2,1-3H3,(H,24,26). The van der Waals surface area contributed by atoms with Gasteiger partial charge in [-0.1, -0.05) is 12.1 Å². The highest BCUT2D eigenvalue weighted by molar-refractivity contribution is 5.95. The van der Waals surface area contributed by atoms with Gasteiger partial charge in [0.15, 0.2) is 11.6 Å². The fraction of sp³-hybridized carbons (Fsp3) is 0.238. The van der Waals surface area contributed by atoms with Gasteiger partial charge >= 0.3 is 0 Å². The van der Waals surface area contributed by atoms with E-state index in [1.807, 2.05) is 38.1 Å². The number of ether oxygens (including phenoxy) is 1. The first-order valence-electron chi connectivity index (χ1n) is 8.67. The van der Waals surface area contributed by atoms with Crippen LogP contribution in [0.3, 0.4) is 0 Å². The van der Waals surface area contributed by atoms with Crippen LogP contribution in [0.25, 0.3) is 0 Å². The third kappa shape index (κ3) is 4.16. The molecule has 0 radical (unpaired) electrons. The molecule has 0 saturated carbocycles. The van der Waals surface area contributed by atoms with E-state index >= 15 is 0 Å². The Labute approximate surface area is 157 Å². The average molecular weight is 367 g/mol. The first kappa shape index (κ1) is 18.6. The van der Waals surface area contributed by atoms with Gasteiger partial charge in [0.1, 0.15) is 0 Å². The van der Waals surface area contributed by atoms with Crippen LogP contribution in [0, 0.1) is 19.7 Å². The number of pyridine rings is 1. The van der Waals surface area contributed by atoms with E-state index < -0.39 is 5.82 Å². The monoisotopic (exact) mass is 367 g/mol. The number of halogens is 1. The molecule has 6 heteroatoms. The SMILES string of the molecule is COc1ccc(CNC(=O)c2cc(C)n(Cc3ccccn3)c2C)cc1F. The van der Waals surface area contributed by atoms with Crippen molar-refractivity contribution in [3.63, 3.8) is 0 Å². The highest BCUT2D eigenvalue weighted by Crippen LogP contribution is 2.19. The van der Waals surface area contributed by atoms with E-state index in [9.17, 15) is 9.18 Å². The first-order chi connectivity index (χ1) is 13.0. The maximum atomic E-state index is 13.8. The van der Waals surface area contributed by atoms with Crippen LogP contribution in [0.2, 0.25) is 0 Å². The van der Waals surface area contributed by atoms with Gasteiger partial charge in [-0.05, 0) is 49.7 Å². The number of carbonyl (C=O) groups excluding carboxylic acids is 1. The van der Waals surface area contributed by atoms with Crippen LogP contribution in [0.5, 0.6) is 5.75 Å². The third-order valence-corrected chi connectivity index (χ3v) is 4.53. The first-order valence-corrected chi connectivity index (χ1v) is 8.67. The van der Waals surface area contributed by atoms with E-state index in [0.29, 0.717) is 17.7 Å². The van der Waals surface area contributed by atoms with Gasteiger partial charge in [-0.2, -0.15) is 0 Å². The summed E-state index contributed by atoms with van der Waals surface area (Å²) in [5, 5.41) is 2.85. The summed E-state index contributed by atoms with van der Waals surface area (Å²) in [7, 11) is 1.42. The maximum absolute atomic E-state index is 13.8. The van der Waals surface area contributed by atoms with Crippen molar-refractivity contribution in [3.05, 3.63) is 82.7 Å². The van der Waals surface area contributed by atoms with Crippen molar-refractivity contribution < 1.29 is 13.9 Å². The second kappa shape index (κ2) is 8.03. The predicted octanol–water partition coefficient (Wildman–Crippen LogP) is 3.63. The van der Waals surface area contributed by atoms with Gasteiger partial charge in [0.2, 0.25) is 0 Å². The predicted molar refractivity (Wildman–Crippen MR) is 101 cm³/mol. The van der Waals surface area contributed by atoms with Gasteiger partial charge in [-0.25, -0.2) is 4.39 Å². The van der Waals surface area contributed by atoms with E-state index in [2.05, 4.69) is 14.9 Å². The summed E-state index contributed by atoms with van der Waals surface area (Å²) in [6, 6.07) is 12.3. The Hall–Kier alpha value is -3.15. The van der Waals surface area contributed by atoms with E-state index in [-0.39, 0.29) is 18.2 Å². The minimum absolute atomic E-state index is 0.183. The summed E-state index contributed by atoms with van der Waals surface area (Å²) < 4.78 is 20.7. The molecular weight excluding hydrogens is 345 g/mol. The quantitative estimate of drug-likeness (QED) is 0.724. The van der Waals surface area contributed by atoms with Crippen LogP contribution >= 0.6 is 0 Å². The number of nitrogens with zero attached hydrogens (tertiary/aromatic N) is 2. The average Bonchev–Trinajstić information content (AvgIpc) is 2.95. The van der Waals surface area contributed by atoms with Crippen molar-refractivity contribution in [1.29, 1.82) is 0 Å². The lowest BCUT2D eigenvalue weighted by atomic mass is 10.2. The lowest BCUT2D eigenvalue weighted by molar-refractivity contribution is 0.0950. The van der Waals surface area contributed by atoms with Crippen molar-refractivity contribution in [1.82, 2.24) is 14.9 Å². The second-order valence-electron chi connectivity index (χ2n) is 6.34. The Morgan fingerprint density at radius 1 is 1.22 bits per heavy atom. The van der Waals surface area contributed by atoms with Crippen LogP contribution < -0.4 is 10.1 Å². The Balaban J connectivity index is 1.72. The molecule has 2 heterocycles. The molecule has 0 unspecified atom stereocenters. The van der Waals surface area contributed by atoms with Crippen LogP contribution in [0.1, 0.15) is 33.0 Å². The normalized spacial score (nSPS) is 10.7. The van der Waals surface area contributed by atoms with E-state index in [4.69, 9.17) is 4.74 Å². The summed E-state index contributed by atoms with van der Waals surface area (Å²) >= 11 is 0. The fourth-order valence-electron chi connectivity index (χ4n) is 3.03. The lowest BCUT2D eigenvalue weighted by Crippen LogP contribution is -2.23. The number of aromatic nitrogens is 2. The van der Waals surface area contributed by atoms with Gasteiger partial charge < -0.3 is 14.6 Å². The minimum atomic E-state index is -0.446.